The Balaban J connectivity index is 2.12. The van der Waals surface area contributed by atoms with Crippen molar-refractivity contribution in [2.45, 2.75) is 68.6 Å². The number of hydrogen-bond donors (Lipinski definition) is 2. The Hall–Kier alpha value is -0.343. The van der Waals surface area contributed by atoms with Gasteiger partial charge in [-0.05, 0) is 49.0 Å². The van der Waals surface area contributed by atoms with E-state index in [1.54, 1.807) is 6.20 Å². The normalized spacial score (nSPS) is 17.2. The lowest BCUT2D eigenvalue weighted by atomic mass is 9.77. The van der Waals surface area contributed by atoms with Gasteiger partial charge in [0.05, 0.1) is 23.6 Å². The summed E-state index contributed by atoms with van der Waals surface area (Å²) in [5.41, 5.74) is -0.0816. The van der Waals surface area contributed by atoms with Crippen LogP contribution in [-0.2, 0) is 4.43 Å². The van der Waals surface area contributed by atoms with Crippen molar-refractivity contribution in [3.8, 4) is 0 Å². The summed E-state index contributed by atoms with van der Waals surface area (Å²) in [6.07, 6.45) is 5.03. The van der Waals surface area contributed by atoms with Gasteiger partial charge in [-0.15, -0.1) is 11.8 Å². The van der Waals surface area contributed by atoms with Gasteiger partial charge >= 0.3 is 0 Å². The molecule has 1 aliphatic carbocycles. The molecule has 2 N–H and O–H groups in total. The number of anilines is 1. The van der Waals surface area contributed by atoms with Gasteiger partial charge in [-0.1, -0.05) is 20.8 Å². The summed E-state index contributed by atoms with van der Waals surface area (Å²) in [5, 5.41) is 13.1. The molecular weight excluding hydrogens is 374 g/mol. The van der Waals surface area contributed by atoms with Crippen LogP contribution >= 0.6 is 23.4 Å². The standard InChI is InChI=1S/C17H30ClN3O2SSi/c1-16(2,3)25(4,5)23-12-17(7-6-8-17)21-14-13(24-10-9-22)11-19-15(18)20-14/h11,22H,6-10,12H2,1-5H3,(H,19,20,21). The van der Waals surface area contributed by atoms with E-state index in [0.29, 0.717) is 12.4 Å². The van der Waals surface area contributed by atoms with Gasteiger partial charge in [0.1, 0.15) is 5.82 Å². The highest BCUT2D eigenvalue weighted by Crippen LogP contribution is 2.41. The molecule has 1 aromatic heterocycles. The van der Waals surface area contributed by atoms with Gasteiger partial charge in [0.15, 0.2) is 8.32 Å². The van der Waals surface area contributed by atoms with Crippen LogP contribution in [-0.4, -0.2) is 47.9 Å². The summed E-state index contributed by atoms with van der Waals surface area (Å²) < 4.78 is 6.48. The Morgan fingerprint density at radius 3 is 2.60 bits per heavy atom. The van der Waals surface area contributed by atoms with E-state index in [9.17, 15) is 0 Å². The first-order valence-electron chi connectivity index (χ1n) is 8.77. The quantitative estimate of drug-likeness (QED) is 0.376. The molecule has 0 bridgehead atoms. The van der Waals surface area contributed by atoms with Crippen LogP contribution in [0.5, 0.6) is 0 Å². The third kappa shape index (κ3) is 5.32. The van der Waals surface area contributed by atoms with Crippen molar-refractivity contribution in [2.75, 3.05) is 24.3 Å². The number of aliphatic hydroxyl groups excluding tert-OH is 1. The van der Waals surface area contributed by atoms with E-state index < -0.39 is 8.32 Å². The van der Waals surface area contributed by atoms with Gasteiger partial charge in [0.2, 0.25) is 5.28 Å². The SMILES string of the molecule is CC(C)(C)[Si](C)(C)OCC1(Nc2nc(Cl)ncc2SCCO)CCC1. The van der Waals surface area contributed by atoms with Crippen molar-refractivity contribution in [3.63, 3.8) is 0 Å². The Labute approximate surface area is 161 Å². The molecule has 25 heavy (non-hydrogen) atoms. The fourth-order valence-corrected chi connectivity index (χ4v) is 4.27. The van der Waals surface area contributed by atoms with Crippen molar-refractivity contribution in [2.24, 2.45) is 0 Å². The number of aromatic nitrogens is 2. The summed E-state index contributed by atoms with van der Waals surface area (Å²) in [5.74, 6) is 1.35. The molecule has 8 heteroatoms. The number of nitrogens with zero attached hydrogens (tertiary/aromatic N) is 2. The minimum atomic E-state index is -1.80. The second-order valence-corrected chi connectivity index (χ2v) is 14.5. The molecule has 0 aliphatic heterocycles. The zero-order chi connectivity index (χ0) is 18.7. The molecule has 5 nitrogen and oxygen atoms in total. The van der Waals surface area contributed by atoms with Crippen molar-refractivity contribution in [3.05, 3.63) is 11.5 Å². The van der Waals surface area contributed by atoms with Crippen LogP contribution in [0.25, 0.3) is 0 Å². The van der Waals surface area contributed by atoms with Crippen LogP contribution in [0.1, 0.15) is 40.0 Å². The van der Waals surface area contributed by atoms with Crippen LogP contribution in [0.15, 0.2) is 11.1 Å². The molecule has 0 saturated heterocycles. The number of nitrogens with one attached hydrogen (secondary N) is 1. The smallest absolute Gasteiger partial charge is 0.224 e. The van der Waals surface area contributed by atoms with E-state index in [-0.39, 0.29) is 22.5 Å². The summed E-state index contributed by atoms with van der Waals surface area (Å²) in [6, 6.07) is 0. The molecule has 1 aliphatic rings. The number of halogens is 1. The highest BCUT2D eigenvalue weighted by Gasteiger charge is 2.43. The first-order chi connectivity index (χ1) is 11.6. The molecule has 0 radical (unpaired) electrons. The van der Waals surface area contributed by atoms with E-state index in [1.165, 1.54) is 18.2 Å². The third-order valence-electron chi connectivity index (χ3n) is 5.28. The molecule has 2 rings (SSSR count). The van der Waals surface area contributed by atoms with E-state index in [0.717, 1.165) is 23.6 Å². The minimum Gasteiger partial charge on any atom is -0.414 e. The van der Waals surface area contributed by atoms with Gasteiger partial charge in [0, 0.05) is 11.9 Å². The molecule has 1 aromatic rings. The largest absolute Gasteiger partial charge is 0.414 e. The summed E-state index contributed by atoms with van der Waals surface area (Å²) in [7, 11) is -1.80. The Morgan fingerprint density at radius 1 is 1.40 bits per heavy atom. The maximum Gasteiger partial charge on any atom is 0.224 e. The fourth-order valence-electron chi connectivity index (χ4n) is 2.40. The predicted molar refractivity (Wildman–Crippen MR) is 108 cm³/mol. The Bertz CT molecular complexity index is 592. The minimum absolute atomic E-state index is 0.0816. The molecule has 0 amide bonds. The van der Waals surface area contributed by atoms with Crippen LogP contribution < -0.4 is 5.32 Å². The first kappa shape index (κ1) is 21.0. The second kappa shape index (κ2) is 8.13. The lowest BCUT2D eigenvalue weighted by Gasteiger charge is -2.46. The molecule has 0 aromatic carbocycles. The van der Waals surface area contributed by atoms with Gasteiger partial charge in [-0.2, -0.15) is 4.98 Å². The number of thioether (sulfide) groups is 1. The molecule has 0 unspecified atom stereocenters. The molecule has 1 heterocycles. The van der Waals surface area contributed by atoms with E-state index >= 15 is 0 Å². The second-order valence-electron chi connectivity index (χ2n) is 8.23. The van der Waals surface area contributed by atoms with Crippen LogP contribution in [0.2, 0.25) is 23.4 Å². The van der Waals surface area contributed by atoms with Crippen molar-refractivity contribution >= 4 is 37.5 Å². The zero-order valence-corrected chi connectivity index (χ0v) is 18.4. The number of hydrogen-bond acceptors (Lipinski definition) is 6. The van der Waals surface area contributed by atoms with E-state index in [1.807, 2.05) is 0 Å². The number of aliphatic hydroxyl groups is 1. The maximum absolute atomic E-state index is 9.09. The van der Waals surface area contributed by atoms with Crippen LogP contribution in [0.3, 0.4) is 0 Å². The van der Waals surface area contributed by atoms with E-state index in [2.05, 4.69) is 49.1 Å². The van der Waals surface area contributed by atoms with Crippen LogP contribution in [0.4, 0.5) is 5.82 Å². The highest BCUT2D eigenvalue weighted by molar-refractivity contribution is 7.99. The van der Waals surface area contributed by atoms with E-state index in [4.69, 9.17) is 21.1 Å². The van der Waals surface area contributed by atoms with Gasteiger partial charge in [-0.3, -0.25) is 0 Å². The average Bonchev–Trinajstić information content (AvgIpc) is 2.47. The van der Waals surface area contributed by atoms with Gasteiger partial charge < -0.3 is 14.8 Å². The molecular formula is C17H30ClN3O2SSi. The first-order valence-corrected chi connectivity index (χ1v) is 13.0. The van der Waals surface area contributed by atoms with Gasteiger partial charge in [0.25, 0.3) is 0 Å². The summed E-state index contributed by atoms with van der Waals surface area (Å²) in [4.78, 5) is 9.37. The van der Waals surface area contributed by atoms with Crippen molar-refractivity contribution < 1.29 is 9.53 Å². The zero-order valence-electron chi connectivity index (χ0n) is 15.9. The lowest BCUT2D eigenvalue weighted by Crippen LogP contribution is -2.53. The van der Waals surface area contributed by atoms with Crippen molar-refractivity contribution in [1.29, 1.82) is 0 Å². The Kier molecular flexibility index (Phi) is 6.81. The average molecular weight is 404 g/mol. The lowest BCUT2D eigenvalue weighted by molar-refractivity contribution is 0.148. The predicted octanol–water partition coefficient (Wildman–Crippen LogP) is 4.57. The van der Waals surface area contributed by atoms with Crippen molar-refractivity contribution in [1.82, 2.24) is 9.97 Å². The summed E-state index contributed by atoms with van der Waals surface area (Å²) >= 11 is 7.54. The number of rotatable bonds is 8. The molecule has 1 fully saturated rings. The summed E-state index contributed by atoms with van der Waals surface area (Å²) in [6.45, 7) is 12.1. The monoisotopic (exact) mass is 403 g/mol. The molecule has 142 valence electrons. The molecule has 0 spiro atoms. The van der Waals surface area contributed by atoms with Crippen LogP contribution in [0, 0.1) is 0 Å². The van der Waals surface area contributed by atoms with Gasteiger partial charge in [-0.25, -0.2) is 4.98 Å². The Morgan fingerprint density at radius 2 is 2.08 bits per heavy atom. The maximum atomic E-state index is 9.09. The molecule has 0 atom stereocenters. The molecule has 1 saturated carbocycles. The highest BCUT2D eigenvalue weighted by atomic mass is 35.5. The topological polar surface area (TPSA) is 67.3 Å². The third-order valence-corrected chi connectivity index (χ3v) is 10.9. The fraction of sp³-hybridized carbons (Fsp3) is 0.765.